The van der Waals surface area contributed by atoms with Crippen molar-refractivity contribution >= 4 is 6.29 Å². The number of carbonyl (C=O) groups is 1. The number of hydroxylamine groups is 2. The van der Waals surface area contributed by atoms with Gasteiger partial charge in [0.25, 0.3) is 0 Å². The number of nitrogens with zero attached hydrogens (tertiary/aromatic N) is 1. The number of hydrogen-bond donors (Lipinski definition) is 2. The molecule has 5 nitrogen and oxygen atoms in total. The Morgan fingerprint density at radius 3 is 2.52 bits per heavy atom. The fourth-order valence-electron chi connectivity index (χ4n) is 3.36. The monoisotopic (exact) mass is 353 g/mol. The summed E-state index contributed by atoms with van der Waals surface area (Å²) in [5, 5.41) is 20.8. The van der Waals surface area contributed by atoms with Crippen LogP contribution in [0.1, 0.15) is 59.8 Å². The van der Waals surface area contributed by atoms with Crippen molar-refractivity contribution in [3.8, 4) is 0 Å². The van der Waals surface area contributed by atoms with E-state index in [4.69, 9.17) is 4.84 Å². The number of rotatable bonds is 3. The molecule has 1 heterocycles. The lowest BCUT2D eigenvalue weighted by molar-refractivity contribution is -0.207. The predicted molar refractivity (Wildman–Crippen MR) is 99.9 cm³/mol. The normalized spacial score (nSPS) is 35.2. The molecule has 0 aromatic rings. The van der Waals surface area contributed by atoms with E-state index in [9.17, 15) is 15.0 Å². The summed E-state index contributed by atoms with van der Waals surface area (Å²) in [4.78, 5) is 16.5. The summed E-state index contributed by atoms with van der Waals surface area (Å²) in [5.74, 6) is 0.559. The van der Waals surface area contributed by atoms with Gasteiger partial charge in [0.1, 0.15) is 18.5 Å². The molecule has 3 aliphatic rings. The molecule has 25 heavy (non-hydrogen) atoms. The third-order valence-corrected chi connectivity index (χ3v) is 5.17. The van der Waals surface area contributed by atoms with Gasteiger partial charge in [0.05, 0.1) is 12.1 Å². The first-order chi connectivity index (χ1) is 11.5. The summed E-state index contributed by atoms with van der Waals surface area (Å²) < 4.78 is 0. The Balaban J connectivity index is 0.000000295. The molecule has 0 aromatic heterocycles. The average molecular weight is 354 g/mol. The zero-order chi connectivity index (χ0) is 17.5. The highest BCUT2D eigenvalue weighted by molar-refractivity contribution is 5.57. The third-order valence-electron chi connectivity index (χ3n) is 5.17. The van der Waals surface area contributed by atoms with Crippen molar-refractivity contribution in [3.63, 3.8) is 0 Å². The quantitative estimate of drug-likeness (QED) is 0.763. The Morgan fingerprint density at radius 2 is 1.92 bits per heavy atom. The molecule has 0 amide bonds. The smallest absolute Gasteiger partial charge is 0.139 e. The molecule has 144 valence electrons. The molecule has 0 radical (unpaired) electrons. The van der Waals surface area contributed by atoms with E-state index < -0.39 is 6.10 Å². The van der Waals surface area contributed by atoms with Gasteiger partial charge in [-0.25, -0.2) is 0 Å². The van der Waals surface area contributed by atoms with Crippen LogP contribution in [-0.2, 0) is 9.63 Å². The van der Waals surface area contributed by atoms with Crippen molar-refractivity contribution in [2.75, 3.05) is 6.54 Å². The van der Waals surface area contributed by atoms with Gasteiger partial charge in [0.15, 0.2) is 0 Å². The van der Waals surface area contributed by atoms with Crippen LogP contribution in [0.4, 0.5) is 0 Å². The molecule has 3 rings (SSSR count). The Morgan fingerprint density at radius 1 is 1.20 bits per heavy atom. The number of aldehydes is 1. The van der Waals surface area contributed by atoms with Crippen LogP contribution in [0.2, 0.25) is 0 Å². The van der Waals surface area contributed by atoms with Crippen molar-refractivity contribution in [2.24, 2.45) is 5.92 Å². The number of aliphatic hydroxyl groups is 2. The highest BCUT2D eigenvalue weighted by Crippen LogP contribution is 2.23. The van der Waals surface area contributed by atoms with Gasteiger partial charge >= 0.3 is 0 Å². The molecule has 0 bridgehead atoms. The minimum Gasteiger partial charge on any atom is -0.393 e. The van der Waals surface area contributed by atoms with Crippen LogP contribution in [0.25, 0.3) is 0 Å². The van der Waals surface area contributed by atoms with Crippen LogP contribution >= 0.6 is 0 Å². The molecular formula is C20H35NO4. The van der Waals surface area contributed by atoms with E-state index in [0.717, 1.165) is 37.7 Å². The topological polar surface area (TPSA) is 70.0 Å². The number of allylic oxidation sites excluding steroid dienone is 2. The molecule has 0 unspecified atom stereocenters. The first-order valence-corrected chi connectivity index (χ1v) is 9.12. The second-order valence-corrected chi connectivity index (χ2v) is 7.13. The predicted octanol–water partition coefficient (Wildman–Crippen LogP) is 3.02. The van der Waals surface area contributed by atoms with Gasteiger partial charge < -0.3 is 15.0 Å². The maximum atomic E-state index is 10.8. The Hall–Kier alpha value is -1.01. The van der Waals surface area contributed by atoms with E-state index >= 15 is 0 Å². The van der Waals surface area contributed by atoms with Crippen LogP contribution in [0.3, 0.4) is 0 Å². The van der Waals surface area contributed by atoms with Crippen molar-refractivity contribution in [1.29, 1.82) is 0 Å². The molecule has 1 saturated heterocycles. The number of aliphatic hydroxyl groups excluding tert-OH is 2. The molecule has 2 N–H and O–H groups in total. The Kier molecular flexibility index (Phi) is 9.57. The maximum absolute atomic E-state index is 10.8. The van der Waals surface area contributed by atoms with Crippen LogP contribution in [-0.4, -0.2) is 52.5 Å². The molecule has 0 spiro atoms. The van der Waals surface area contributed by atoms with Crippen LogP contribution in [0.5, 0.6) is 0 Å². The molecule has 2 fully saturated rings. The Labute approximate surface area is 152 Å². The highest BCUT2D eigenvalue weighted by atomic mass is 16.7. The summed E-state index contributed by atoms with van der Waals surface area (Å²) in [5.41, 5.74) is 0.884. The summed E-state index contributed by atoms with van der Waals surface area (Å²) in [7, 11) is 0. The molecule has 5 atom stereocenters. The van der Waals surface area contributed by atoms with Crippen molar-refractivity contribution < 1.29 is 19.8 Å². The fourth-order valence-corrected chi connectivity index (χ4v) is 3.36. The second kappa shape index (κ2) is 10.9. The SMILES string of the molecule is C.CC1=CC=C[C@H](ON2CCC[C@H]2C=O)[C@@H]1O.C[C@H]1CCCC[C@H]1O. The van der Waals surface area contributed by atoms with Gasteiger partial charge in [-0.1, -0.05) is 45.4 Å². The van der Waals surface area contributed by atoms with Crippen molar-refractivity contribution in [3.05, 3.63) is 23.8 Å². The van der Waals surface area contributed by atoms with E-state index in [-0.39, 0.29) is 25.7 Å². The van der Waals surface area contributed by atoms with Gasteiger partial charge in [-0.05, 0) is 44.1 Å². The first-order valence-electron chi connectivity index (χ1n) is 9.12. The van der Waals surface area contributed by atoms with E-state index in [1.54, 1.807) is 5.06 Å². The molecule has 1 saturated carbocycles. The maximum Gasteiger partial charge on any atom is 0.139 e. The van der Waals surface area contributed by atoms with Crippen molar-refractivity contribution in [2.45, 2.75) is 84.2 Å². The van der Waals surface area contributed by atoms with Crippen LogP contribution in [0, 0.1) is 5.92 Å². The Bertz CT molecular complexity index is 453. The highest BCUT2D eigenvalue weighted by Gasteiger charge is 2.30. The first kappa shape index (κ1) is 22.0. The zero-order valence-electron chi connectivity index (χ0n) is 14.8. The van der Waals surface area contributed by atoms with Gasteiger partial charge in [0.2, 0.25) is 0 Å². The number of carbonyl (C=O) groups excluding carboxylic acids is 1. The van der Waals surface area contributed by atoms with E-state index in [0.29, 0.717) is 5.92 Å². The van der Waals surface area contributed by atoms with Gasteiger partial charge in [0, 0.05) is 6.54 Å². The van der Waals surface area contributed by atoms with Gasteiger partial charge in [-0.3, -0.25) is 4.84 Å². The third kappa shape index (κ3) is 6.33. The molecule has 0 aromatic carbocycles. The van der Waals surface area contributed by atoms with Crippen LogP contribution in [0.15, 0.2) is 23.8 Å². The summed E-state index contributed by atoms with van der Waals surface area (Å²) >= 11 is 0. The van der Waals surface area contributed by atoms with E-state index in [2.05, 4.69) is 6.92 Å². The lowest BCUT2D eigenvalue weighted by Gasteiger charge is -2.29. The summed E-state index contributed by atoms with van der Waals surface area (Å²) in [6.45, 7) is 4.75. The standard InChI is InChI=1S/C12H17NO3.C7H14O.CH4/c1-9-4-2-6-11(12(9)15)16-13-7-3-5-10(13)8-14;1-6-4-2-3-5-7(6)8;/h2,4,6,8,10-12,15H,3,5,7H2,1H3;6-8H,2-5H2,1H3;1H4/t10-,11-,12+;6-,7+;/m00./s1. The molecule has 2 aliphatic carbocycles. The van der Waals surface area contributed by atoms with Gasteiger partial charge in [-0.15, -0.1) is 0 Å². The zero-order valence-corrected chi connectivity index (χ0v) is 14.8. The lowest BCUT2D eigenvalue weighted by Crippen LogP contribution is -2.40. The summed E-state index contributed by atoms with van der Waals surface area (Å²) in [6.07, 6.45) is 12.1. The largest absolute Gasteiger partial charge is 0.393 e. The average Bonchev–Trinajstić information content (AvgIpc) is 3.02. The minimum atomic E-state index is -0.613. The molecule has 5 heteroatoms. The van der Waals surface area contributed by atoms with Gasteiger partial charge in [-0.2, -0.15) is 5.06 Å². The van der Waals surface area contributed by atoms with Crippen LogP contribution < -0.4 is 0 Å². The molecular weight excluding hydrogens is 318 g/mol. The lowest BCUT2D eigenvalue weighted by atomic mass is 9.88. The van der Waals surface area contributed by atoms with E-state index in [1.807, 2.05) is 25.2 Å². The number of hydrogen-bond acceptors (Lipinski definition) is 5. The van der Waals surface area contributed by atoms with Crippen molar-refractivity contribution in [1.82, 2.24) is 5.06 Å². The summed E-state index contributed by atoms with van der Waals surface area (Å²) in [6, 6.07) is -0.160. The van der Waals surface area contributed by atoms with E-state index in [1.165, 1.54) is 19.3 Å². The fraction of sp³-hybridized carbons (Fsp3) is 0.750. The minimum absolute atomic E-state index is 0. The molecule has 1 aliphatic heterocycles. The second-order valence-electron chi connectivity index (χ2n) is 7.13.